The Kier molecular flexibility index (Phi) is 8.02. The Morgan fingerprint density at radius 1 is 0.260 bits per heavy atom. The van der Waals surface area contributed by atoms with E-state index in [-0.39, 0.29) is 13.4 Å². The molecule has 17 rings (SSSR count). The molecule has 0 saturated heterocycles. The fourth-order valence-corrected chi connectivity index (χ4v) is 14.7. The van der Waals surface area contributed by atoms with Crippen LogP contribution in [0.15, 0.2) is 243 Å². The number of benzene rings is 11. The molecule has 0 spiro atoms. The summed E-state index contributed by atoms with van der Waals surface area (Å²) in [6.45, 7) is -0.0796. The molecule has 0 atom stereocenters. The molecule has 0 radical (unpaired) electrons. The summed E-state index contributed by atoms with van der Waals surface area (Å²) in [6.07, 6.45) is 0. The molecule has 0 bridgehead atoms. The minimum atomic E-state index is -0.0398. The number of thiophene rings is 1. The number of fused-ring (bicyclic) bond motifs is 13. The molecule has 0 amide bonds. The lowest BCUT2D eigenvalue weighted by atomic mass is 9.31. The number of anilines is 12. The fourth-order valence-electron chi connectivity index (χ4n) is 13.4. The first-order valence-electron chi connectivity index (χ1n) is 25.3. The maximum Gasteiger partial charge on any atom is 0.252 e. The second kappa shape index (κ2) is 14.8. The predicted molar refractivity (Wildman–Crippen MR) is 312 cm³/mol. The van der Waals surface area contributed by atoms with Gasteiger partial charge in [0.1, 0.15) is 0 Å². The van der Waals surface area contributed by atoms with E-state index in [1.807, 2.05) is 11.3 Å². The summed E-state index contributed by atoms with van der Waals surface area (Å²) >= 11 is 1.92. The molecule has 6 heterocycles. The minimum absolute atomic E-state index is 0.0398. The summed E-state index contributed by atoms with van der Waals surface area (Å²) in [7, 11) is 0. The van der Waals surface area contributed by atoms with Crippen molar-refractivity contribution in [3.63, 3.8) is 0 Å². The van der Waals surface area contributed by atoms with Gasteiger partial charge in [0.05, 0.1) is 32.5 Å². The Hall–Kier alpha value is -9.03. The quantitative estimate of drug-likeness (QED) is 0.163. The van der Waals surface area contributed by atoms with Crippen LogP contribution in [0.1, 0.15) is 0 Å². The van der Waals surface area contributed by atoms with Crippen LogP contribution >= 0.6 is 11.3 Å². The fraction of sp³-hybridized carbons (Fsp3) is 0. The molecule has 0 N–H and O–H groups in total. The molecule has 336 valence electrons. The molecule has 5 aliphatic rings. The molecule has 0 unspecified atom stereocenters. The maximum atomic E-state index is 2.71. The van der Waals surface area contributed by atoms with Crippen molar-refractivity contribution >= 4 is 147 Å². The third kappa shape index (κ3) is 5.31. The predicted octanol–water partition coefficient (Wildman–Crippen LogP) is 13.9. The van der Waals surface area contributed by atoms with Crippen molar-refractivity contribution in [2.24, 2.45) is 0 Å². The van der Waals surface area contributed by atoms with Crippen molar-refractivity contribution in [1.29, 1.82) is 0 Å². The highest BCUT2D eigenvalue weighted by atomic mass is 32.1. The zero-order valence-electron chi connectivity index (χ0n) is 39.4. The molecule has 0 fully saturated rings. The van der Waals surface area contributed by atoms with E-state index in [1.165, 1.54) is 132 Å². The van der Waals surface area contributed by atoms with Crippen LogP contribution in [0.25, 0.3) is 42.4 Å². The molecule has 4 nitrogen and oxygen atoms in total. The van der Waals surface area contributed by atoms with Gasteiger partial charge >= 0.3 is 0 Å². The van der Waals surface area contributed by atoms with Crippen LogP contribution in [0.3, 0.4) is 0 Å². The Bertz CT molecular complexity index is 4040. The van der Waals surface area contributed by atoms with E-state index >= 15 is 0 Å². The lowest BCUT2D eigenvalue weighted by molar-refractivity contribution is 1.18. The van der Waals surface area contributed by atoms with Gasteiger partial charge in [-0.3, -0.25) is 0 Å². The van der Waals surface area contributed by atoms with Gasteiger partial charge in [0.15, 0.2) is 0 Å². The summed E-state index contributed by atoms with van der Waals surface area (Å²) < 4.78 is 0. The second-order valence-corrected chi connectivity index (χ2v) is 21.0. The van der Waals surface area contributed by atoms with Crippen molar-refractivity contribution in [2.45, 2.75) is 0 Å². The topological polar surface area (TPSA) is 13.0 Å². The standard InChI is InChI=1S/C66H40B2N4S/c1-5-19-41(20-6-1)65-63-64(66(73-65)42-21-7-2-8-22-42)72-56-34-18-32-54-60(56)68(52-38-44-24-14-16-26-46(44)40-58(52)70(54)48-29-11-4-12-30-48)50-36-35-49-61(62(50)72)71(63)55-33-17-31-53-59(55)67(49)51-37-43-23-13-15-25-45(43)39-57(51)69(53)47-27-9-3-10-28-47/h1-40H. The van der Waals surface area contributed by atoms with Gasteiger partial charge in [0.25, 0.3) is 13.4 Å². The van der Waals surface area contributed by atoms with E-state index < -0.39 is 0 Å². The molecule has 73 heavy (non-hydrogen) atoms. The molecule has 11 aromatic carbocycles. The van der Waals surface area contributed by atoms with E-state index in [9.17, 15) is 0 Å². The molecule has 7 heteroatoms. The van der Waals surface area contributed by atoms with Gasteiger partial charge in [0, 0.05) is 45.5 Å². The maximum absolute atomic E-state index is 2.71. The average Bonchev–Trinajstić information content (AvgIpc) is 3.88. The van der Waals surface area contributed by atoms with Crippen LogP contribution in [0.4, 0.5) is 68.2 Å². The van der Waals surface area contributed by atoms with Gasteiger partial charge in [-0.2, -0.15) is 0 Å². The van der Waals surface area contributed by atoms with Crippen molar-refractivity contribution < 1.29 is 0 Å². The smallest absolute Gasteiger partial charge is 0.252 e. The second-order valence-electron chi connectivity index (χ2n) is 19.9. The molecular weight excluding hydrogens is 902 g/mol. The number of hydrogen-bond acceptors (Lipinski definition) is 5. The van der Waals surface area contributed by atoms with E-state index in [4.69, 9.17) is 0 Å². The first kappa shape index (κ1) is 39.7. The van der Waals surface area contributed by atoms with E-state index in [0.29, 0.717) is 0 Å². The summed E-state index contributed by atoms with van der Waals surface area (Å²) in [6, 6.07) is 91.0. The summed E-state index contributed by atoms with van der Waals surface area (Å²) in [5, 5.41) is 4.98. The highest BCUT2D eigenvalue weighted by Gasteiger charge is 2.53. The van der Waals surface area contributed by atoms with Crippen LogP contribution in [0.5, 0.6) is 0 Å². The van der Waals surface area contributed by atoms with Crippen LogP contribution < -0.4 is 52.4 Å². The Balaban J connectivity index is 1.04. The first-order chi connectivity index (χ1) is 36.3. The van der Waals surface area contributed by atoms with E-state index in [0.717, 1.165) is 11.4 Å². The third-order valence-electron chi connectivity index (χ3n) is 16.2. The van der Waals surface area contributed by atoms with Crippen molar-refractivity contribution in [3.8, 4) is 20.9 Å². The Morgan fingerprint density at radius 3 is 1.00 bits per heavy atom. The highest BCUT2D eigenvalue weighted by molar-refractivity contribution is 7.20. The summed E-state index contributed by atoms with van der Waals surface area (Å²) in [5.74, 6) is 0. The summed E-state index contributed by atoms with van der Waals surface area (Å²) in [5.41, 5.74) is 25.0. The Morgan fingerprint density at radius 2 is 0.603 bits per heavy atom. The van der Waals surface area contributed by atoms with Gasteiger partial charge < -0.3 is 19.6 Å². The monoisotopic (exact) mass is 942 g/mol. The number of nitrogens with zero attached hydrogens (tertiary/aromatic N) is 4. The third-order valence-corrected chi connectivity index (χ3v) is 17.5. The van der Waals surface area contributed by atoms with Crippen LogP contribution in [-0.2, 0) is 0 Å². The molecule has 5 aliphatic heterocycles. The van der Waals surface area contributed by atoms with E-state index in [2.05, 4.69) is 262 Å². The lowest BCUT2D eigenvalue weighted by Gasteiger charge is -2.51. The van der Waals surface area contributed by atoms with Crippen LogP contribution in [-0.4, -0.2) is 13.4 Å². The molecule has 0 aliphatic carbocycles. The van der Waals surface area contributed by atoms with Crippen LogP contribution in [0.2, 0.25) is 0 Å². The number of hydrogen-bond donors (Lipinski definition) is 0. The van der Waals surface area contributed by atoms with E-state index in [1.54, 1.807) is 0 Å². The van der Waals surface area contributed by atoms with Crippen LogP contribution in [0, 0.1) is 0 Å². The highest BCUT2D eigenvalue weighted by Crippen LogP contribution is 2.65. The van der Waals surface area contributed by atoms with Gasteiger partial charge in [-0.15, -0.1) is 11.3 Å². The molecule has 1 aromatic heterocycles. The molecule has 12 aromatic rings. The number of rotatable bonds is 4. The van der Waals surface area contributed by atoms with Crippen molar-refractivity contribution in [2.75, 3.05) is 19.6 Å². The first-order valence-corrected chi connectivity index (χ1v) is 26.1. The normalized spacial score (nSPS) is 13.9. The van der Waals surface area contributed by atoms with Gasteiger partial charge in [-0.25, -0.2) is 0 Å². The van der Waals surface area contributed by atoms with Gasteiger partial charge in [-0.05, 0) is 126 Å². The molecule has 0 saturated carbocycles. The SMILES string of the molecule is c1ccc(-c2sc(-c3ccccc3)c3c2N2c4cccc5c4B(c4cc6ccccc6cc4N5c4ccccc4)c4ccc5c(c42)N3c2cccc3c2B5c2cc4ccccc4cc2N3c2ccccc2)cc1. The van der Waals surface area contributed by atoms with Gasteiger partial charge in [0.2, 0.25) is 0 Å². The summed E-state index contributed by atoms with van der Waals surface area (Å²) in [4.78, 5) is 13.0. The van der Waals surface area contributed by atoms with Gasteiger partial charge in [-0.1, -0.05) is 182 Å². The van der Waals surface area contributed by atoms with Crippen molar-refractivity contribution in [3.05, 3.63) is 243 Å². The van der Waals surface area contributed by atoms with Crippen molar-refractivity contribution in [1.82, 2.24) is 0 Å². The zero-order chi connectivity index (χ0) is 47.5. The zero-order valence-corrected chi connectivity index (χ0v) is 40.3. The lowest BCUT2D eigenvalue weighted by Crippen LogP contribution is -2.65. The minimum Gasteiger partial charge on any atom is -0.311 e. The largest absolute Gasteiger partial charge is 0.311 e. The average molecular weight is 943 g/mol. The molecular formula is C66H40B2N4S. The number of para-hydroxylation sites is 2. The Labute approximate surface area is 428 Å².